The van der Waals surface area contributed by atoms with Gasteiger partial charge < -0.3 is 14.6 Å². The van der Waals surface area contributed by atoms with Gasteiger partial charge in [0.15, 0.2) is 0 Å². The van der Waals surface area contributed by atoms with Gasteiger partial charge in [-0.2, -0.15) is 0 Å². The molecule has 114 valence electrons. The zero-order chi connectivity index (χ0) is 15.1. The van der Waals surface area contributed by atoms with E-state index in [-0.39, 0.29) is 25.2 Å². The highest BCUT2D eigenvalue weighted by Crippen LogP contribution is 2.15. The number of anilines is 1. The number of para-hydroxylation sites is 1. The molecule has 6 nitrogen and oxygen atoms in total. The fourth-order valence-electron chi connectivity index (χ4n) is 2.18. The highest BCUT2D eigenvalue weighted by Gasteiger charge is 2.21. The van der Waals surface area contributed by atoms with Crippen molar-refractivity contribution in [3.63, 3.8) is 0 Å². The van der Waals surface area contributed by atoms with E-state index in [1.54, 1.807) is 24.3 Å². The third kappa shape index (κ3) is 4.84. The third-order valence-electron chi connectivity index (χ3n) is 3.27. The average molecular weight is 293 g/mol. The number of carboxylic acid groups (broad SMARTS) is 1. The molecule has 1 heterocycles. The van der Waals surface area contributed by atoms with Crippen molar-refractivity contribution in [1.29, 1.82) is 0 Å². The maximum Gasteiger partial charge on any atom is 0.323 e. The minimum Gasteiger partial charge on any atom is -0.480 e. The molecule has 0 aliphatic carbocycles. The summed E-state index contributed by atoms with van der Waals surface area (Å²) in [4.78, 5) is 24.4. The van der Waals surface area contributed by atoms with Gasteiger partial charge in [-0.25, -0.2) is 0 Å². The fourth-order valence-corrected chi connectivity index (χ4v) is 2.18. The Kier molecular flexibility index (Phi) is 5.71. The SMILES string of the molecule is O=C(O)CN(C(=O)COC1CCOCC1)c1ccccc1. The van der Waals surface area contributed by atoms with Crippen molar-refractivity contribution in [3.8, 4) is 0 Å². The summed E-state index contributed by atoms with van der Waals surface area (Å²) < 4.78 is 10.8. The second-order valence-corrected chi connectivity index (χ2v) is 4.83. The van der Waals surface area contributed by atoms with Crippen LogP contribution >= 0.6 is 0 Å². The number of aliphatic carboxylic acids is 1. The Bertz CT molecular complexity index is 470. The van der Waals surface area contributed by atoms with Crippen LogP contribution in [-0.4, -0.2) is 49.5 Å². The molecule has 1 saturated heterocycles. The van der Waals surface area contributed by atoms with Crippen molar-refractivity contribution in [2.24, 2.45) is 0 Å². The first-order valence-electron chi connectivity index (χ1n) is 6.93. The lowest BCUT2D eigenvalue weighted by atomic mass is 10.1. The van der Waals surface area contributed by atoms with Crippen molar-refractivity contribution >= 4 is 17.6 Å². The molecular formula is C15H19NO5. The second kappa shape index (κ2) is 7.75. The topological polar surface area (TPSA) is 76.1 Å². The van der Waals surface area contributed by atoms with Gasteiger partial charge in [-0.1, -0.05) is 18.2 Å². The number of carbonyl (C=O) groups excluding carboxylic acids is 1. The van der Waals surface area contributed by atoms with Gasteiger partial charge in [-0.05, 0) is 25.0 Å². The predicted molar refractivity (Wildman–Crippen MR) is 76.2 cm³/mol. The summed E-state index contributed by atoms with van der Waals surface area (Å²) in [7, 11) is 0. The van der Waals surface area contributed by atoms with E-state index in [0.717, 1.165) is 12.8 Å². The number of hydrogen-bond acceptors (Lipinski definition) is 4. The average Bonchev–Trinajstić information content (AvgIpc) is 2.52. The quantitative estimate of drug-likeness (QED) is 0.855. The van der Waals surface area contributed by atoms with Gasteiger partial charge in [0, 0.05) is 18.9 Å². The van der Waals surface area contributed by atoms with Crippen LogP contribution in [0.4, 0.5) is 5.69 Å². The molecular weight excluding hydrogens is 274 g/mol. The number of amides is 1. The van der Waals surface area contributed by atoms with Crippen LogP contribution in [-0.2, 0) is 19.1 Å². The molecule has 0 saturated carbocycles. The lowest BCUT2D eigenvalue weighted by Gasteiger charge is -2.25. The summed E-state index contributed by atoms with van der Waals surface area (Å²) in [6, 6.07) is 8.74. The summed E-state index contributed by atoms with van der Waals surface area (Å²) in [6.07, 6.45) is 1.53. The van der Waals surface area contributed by atoms with Crippen molar-refractivity contribution in [2.45, 2.75) is 18.9 Å². The van der Waals surface area contributed by atoms with Crippen molar-refractivity contribution in [2.75, 3.05) is 31.3 Å². The van der Waals surface area contributed by atoms with Crippen LogP contribution in [0, 0.1) is 0 Å². The zero-order valence-corrected chi connectivity index (χ0v) is 11.7. The van der Waals surface area contributed by atoms with Crippen LogP contribution in [0.1, 0.15) is 12.8 Å². The van der Waals surface area contributed by atoms with Crippen LogP contribution in [0.3, 0.4) is 0 Å². The van der Waals surface area contributed by atoms with E-state index < -0.39 is 5.97 Å². The summed E-state index contributed by atoms with van der Waals surface area (Å²) in [5.41, 5.74) is 0.556. The monoisotopic (exact) mass is 293 g/mol. The van der Waals surface area contributed by atoms with Gasteiger partial charge in [0.2, 0.25) is 0 Å². The Morgan fingerprint density at radius 3 is 2.52 bits per heavy atom. The van der Waals surface area contributed by atoms with Crippen LogP contribution in [0.15, 0.2) is 30.3 Å². The van der Waals surface area contributed by atoms with E-state index in [1.807, 2.05) is 6.07 Å². The van der Waals surface area contributed by atoms with E-state index >= 15 is 0 Å². The minimum atomic E-state index is -1.06. The molecule has 0 spiro atoms. The number of carbonyl (C=O) groups is 2. The van der Waals surface area contributed by atoms with Crippen LogP contribution in [0.2, 0.25) is 0 Å². The highest BCUT2D eigenvalue weighted by atomic mass is 16.5. The molecule has 0 radical (unpaired) electrons. The first-order valence-corrected chi connectivity index (χ1v) is 6.93. The Morgan fingerprint density at radius 1 is 1.24 bits per heavy atom. The van der Waals surface area contributed by atoms with Gasteiger partial charge in [0.25, 0.3) is 5.91 Å². The van der Waals surface area contributed by atoms with E-state index in [4.69, 9.17) is 14.6 Å². The summed E-state index contributed by atoms with van der Waals surface area (Å²) in [6.45, 7) is 0.777. The molecule has 1 aromatic rings. The Balaban J connectivity index is 1.95. The van der Waals surface area contributed by atoms with Gasteiger partial charge in [-0.15, -0.1) is 0 Å². The number of carboxylic acids is 1. The molecule has 1 aromatic carbocycles. The number of ether oxygens (including phenoxy) is 2. The van der Waals surface area contributed by atoms with Gasteiger partial charge in [0.05, 0.1) is 6.10 Å². The molecule has 1 aliphatic rings. The molecule has 6 heteroatoms. The summed E-state index contributed by atoms with van der Waals surface area (Å²) in [5.74, 6) is -1.41. The molecule has 1 N–H and O–H groups in total. The minimum absolute atomic E-state index is 0.00477. The molecule has 21 heavy (non-hydrogen) atoms. The molecule has 1 fully saturated rings. The molecule has 0 bridgehead atoms. The third-order valence-corrected chi connectivity index (χ3v) is 3.27. The number of rotatable bonds is 6. The molecule has 1 amide bonds. The van der Waals surface area contributed by atoms with Gasteiger partial charge in [0.1, 0.15) is 13.2 Å². The Labute approximate surface area is 123 Å². The lowest BCUT2D eigenvalue weighted by molar-refractivity contribution is -0.137. The first-order chi connectivity index (χ1) is 10.2. The molecule has 0 unspecified atom stereocenters. The van der Waals surface area contributed by atoms with E-state index in [9.17, 15) is 9.59 Å². The smallest absolute Gasteiger partial charge is 0.323 e. The highest BCUT2D eigenvalue weighted by molar-refractivity contribution is 5.98. The largest absolute Gasteiger partial charge is 0.480 e. The van der Waals surface area contributed by atoms with E-state index in [0.29, 0.717) is 18.9 Å². The molecule has 1 aliphatic heterocycles. The van der Waals surface area contributed by atoms with Crippen molar-refractivity contribution in [1.82, 2.24) is 0 Å². The summed E-state index contributed by atoms with van der Waals surface area (Å²) >= 11 is 0. The zero-order valence-electron chi connectivity index (χ0n) is 11.7. The lowest BCUT2D eigenvalue weighted by Crippen LogP contribution is -2.39. The van der Waals surface area contributed by atoms with E-state index in [1.165, 1.54) is 4.90 Å². The van der Waals surface area contributed by atoms with Crippen LogP contribution in [0.5, 0.6) is 0 Å². The summed E-state index contributed by atoms with van der Waals surface area (Å²) in [5, 5.41) is 8.96. The predicted octanol–water partition coefficient (Wildman–Crippen LogP) is 1.30. The van der Waals surface area contributed by atoms with Crippen LogP contribution < -0.4 is 4.90 Å². The number of benzene rings is 1. The van der Waals surface area contributed by atoms with Crippen molar-refractivity contribution in [3.05, 3.63) is 30.3 Å². The second-order valence-electron chi connectivity index (χ2n) is 4.83. The molecule has 2 rings (SSSR count). The Hall–Kier alpha value is -1.92. The first kappa shape index (κ1) is 15.5. The van der Waals surface area contributed by atoms with Crippen molar-refractivity contribution < 1.29 is 24.2 Å². The maximum atomic E-state index is 12.2. The standard InChI is InChI=1S/C15H19NO5/c17-14(11-21-13-6-8-20-9-7-13)16(10-15(18)19)12-4-2-1-3-5-12/h1-5,13H,6-11H2,(H,18,19). The number of nitrogens with zero attached hydrogens (tertiary/aromatic N) is 1. The van der Waals surface area contributed by atoms with Crippen LogP contribution in [0.25, 0.3) is 0 Å². The maximum absolute atomic E-state index is 12.2. The normalized spacial score (nSPS) is 15.6. The Morgan fingerprint density at radius 2 is 1.90 bits per heavy atom. The van der Waals surface area contributed by atoms with Gasteiger partial charge in [-0.3, -0.25) is 14.5 Å². The fraction of sp³-hybridized carbons (Fsp3) is 0.467. The van der Waals surface area contributed by atoms with Gasteiger partial charge >= 0.3 is 5.97 Å². The molecule has 0 atom stereocenters. The van der Waals surface area contributed by atoms with E-state index in [2.05, 4.69) is 0 Å². The number of hydrogen-bond donors (Lipinski definition) is 1. The molecule has 0 aromatic heterocycles.